The van der Waals surface area contributed by atoms with Crippen LogP contribution >= 0.6 is 0 Å². The van der Waals surface area contributed by atoms with Crippen molar-refractivity contribution in [2.45, 2.75) is 88.2 Å². The number of rotatable bonds is 6. The molecule has 4 aliphatic carbocycles. The average Bonchev–Trinajstić information content (AvgIpc) is 2.78. The van der Waals surface area contributed by atoms with Gasteiger partial charge in [-0.05, 0) is 101 Å². The first kappa shape index (κ1) is 23.8. The number of esters is 1. The number of aryl methyl sites for hydroxylation is 1. The number of carbonyl (C=O) groups excluding carboxylic acids is 2. The van der Waals surface area contributed by atoms with Crippen LogP contribution in [0.3, 0.4) is 0 Å². The lowest BCUT2D eigenvalue weighted by Crippen LogP contribution is -2.61. The molecule has 4 saturated carbocycles. The van der Waals surface area contributed by atoms with E-state index in [1.807, 2.05) is 0 Å². The second kappa shape index (κ2) is 8.94. The summed E-state index contributed by atoms with van der Waals surface area (Å²) in [6.07, 6.45) is 8.72. The molecule has 1 unspecified atom stereocenters. The lowest BCUT2D eigenvalue weighted by atomic mass is 9.53. The van der Waals surface area contributed by atoms with E-state index in [1.54, 1.807) is 26.0 Å². The molecule has 1 N–H and O–H groups in total. The molecule has 6 rings (SSSR count). The molecule has 1 amide bonds. The van der Waals surface area contributed by atoms with Crippen LogP contribution in [0.5, 0.6) is 0 Å². The third-order valence-electron chi connectivity index (χ3n) is 8.46. The Kier molecular flexibility index (Phi) is 6.25. The Morgan fingerprint density at radius 3 is 2.21 bits per heavy atom. The fourth-order valence-corrected chi connectivity index (χ4v) is 8.68. The molecule has 7 nitrogen and oxygen atoms in total. The minimum Gasteiger partial charge on any atom is -0.449 e. The van der Waals surface area contributed by atoms with Crippen molar-refractivity contribution in [3.8, 4) is 0 Å². The van der Waals surface area contributed by atoms with Crippen molar-refractivity contribution in [2.24, 2.45) is 17.8 Å². The molecular weight excluding hydrogens is 452 g/mol. The zero-order valence-corrected chi connectivity index (χ0v) is 21.0. The predicted molar refractivity (Wildman–Crippen MR) is 128 cm³/mol. The van der Waals surface area contributed by atoms with E-state index in [0.717, 1.165) is 38.5 Å². The van der Waals surface area contributed by atoms with Gasteiger partial charge >= 0.3 is 5.97 Å². The number of nitrogens with zero attached hydrogens (tertiary/aromatic N) is 1. The zero-order valence-electron chi connectivity index (χ0n) is 20.2. The van der Waals surface area contributed by atoms with Crippen molar-refractivity contribution in [1.82, 2.24) is 9.62 Å². The minimum atomic E-state index is -3.66. The normalized spacial score (nSPS) is 31.8. The van der Waals surface area contributed by atoms with Gasteiger partial charge in [0, 0.05) is 18.6 Å². The van der Waals surface area contributed by atoms with Gasteiger partial charge < -0.3 is 10.1 Å². The van der Waals surface area contributed by atoms with E-state index in [-0.39, 0.29) is 21.9 Å². The van der Waals surface area contributed by atoms with Gasteiger partial charge in [-0.1, -0.05) is 12.5 Å². The van der Waals surface area contributed by atoms with Crippen LogP contribution in [-0.4, -0.2) is 49.3 Å². The average molecular weight is 489 g/mol. The van der Waals surface area contributed by atoms with Gasteiger partial charge in [-0.25, -0.2) is 13.2 Å². The summed E-state index contributed by atoms with van der Waals surface area (Å²) in [6.45, 7) is 4.33. The Bertz CT molecular complexity index is 1040. The number of nitrogens with one attached hydrogen (secondary N) is 1. The van der Waals surface area contributed by atoms with Crippen molar-refractivity contribution < 1.29 is 22.7 Å². The van der Waals surface area contributed by atoms with Gasteiger partial charge in [-0.3, -0.25) is 4.79 Å². The largest absolute Gasteiger partial charge is 0.449 e. The molecule has 0 aromatic heterocycles. The van der Waals surface area contributed by atoms with Crippen LogP contribution in [0.15, 0.2) is 23.1 Å². The summed E-state index contributed by atoms with van der Waals surface area (Å²) in [6, 6.07) is 4.57. The molecule has 34 heavy (non-hydrogen) atoms. The lowest BCUT2D eigenvalue weighted by molar-refractivity contribution is -0.134. The summed E-state index contributed by atoms with van der Waals surface area (Å²) < 4.78 is 33.2. The summed E-state index contributed by atoms with van der Waals surface area (Å²) in [5.41, 5.74) is 0.661. The molecule has 1 heterocycles. The first-order valence-corrected chi connectivity index (χ1v) is 14.2. The van der Waals surface area contributed by atoms with Crippen molar-refractivity contribution in [2.75, 3.05) is 13.1 Å². The third-order valence-corrected chi connectivity index (χ3v) is 10.4. The van der Waals surface area contributed by atoms with Gasteiger partial charge in [-0.15, -0.1) is 0 Å². The van der Waals surface area contributed by atoms with Crippen LogP contribution in [0.4, 0.5) is 0 Å². The Morgan fingerprint density at radius 1 is 1.03 bits per heavy atom. The van der Waals surface area contributed by atoms with Gasteiger partial charge in [0.15, 0.2) is 6.10 Å². The standard InChI is InChI=1S/C26H36N2O5S/c1-17-6-7-22(34(31,32)28-8-4-3-5-9-28)13-23(17)25(30)33-18(2)24(29)27-26-14-19-10-20(15-26)12-21(11-19)16-26/h6-7,13,18-21H,3-5,8-12,14-16H2,1-2H3,(H,27,29). The maximum atomic E-state index is 13.1. The van der Waals surface area contributed by atoms with Crippen LogP contribution in [-0.2, 0) is 19.6 Å². The second-order valence-electron chi connectivity index (χ2n) is 11.2. The molecule has 5 aliphatic rings. The van der Waals surface area contributed by atoms with Crippen LogP contribution in [0.1, 0.15) is 80.6 Å². The highest BCUT2D eigenvalue weighted by atomic mass is 32.2. The molecule has 0 radical (unpaired) electrons. The molecule has 1 aromatic rings. The van der Waals surface area contributed by atoms with E-state index in [2.05, 4.69) is 5.32 Å². The molecule has 4 bridgehead atoms. The van der Waals surface area contributed by atoms with Gasteiger partial charge in [-0.2, -0.15) is 4.31 Å². The van der Waals surface area contributed by atoms with E-state index >= 15 is 0 Å². The number of sulfonamides is 1. The Balaban J connectivity index is 1.26. The Hall–Kier alpha value is -1.93. The molecular formula is C26H36N2O5S. The van der Waals surface area contributed by atoms with Crippen LogP contribution in [0.2, 0.25) is 0 Å². The van der Waals surface area contributed by atoms with Crippen LogP contribution in [0, 0.1) is 24.7 Å². The fourth-order valence-electron chi connectivity index (χ4n) is 7.14. The van der Waals surface area contributed by atoms with Crippen LogP contribution in [0.25, 0.3) is 0 Å². The van der Waals surface area contributed by atoms with Crippen molar-refractivity contribution in [3.63, 3.8) is 0 Å². The van der Waals surface area contributed by atoms with Gasteiger partial charge in [0.2, 0.25) is 10.0 Å². The summed E-state index contributed by atoms with van der Waals surface area (Å²) in [5.74, 6) is 1.19. The quantitative estimate of drug-likeness (QED) is 0.615. The maximum Gasteiger partial charge on any atom is 0.339 e. The lowest BCUT2D eigenvalue weighted by Gasteiger charge is -2.57. The number of hydrogen-bond donors (Lipinski definition) is 1. The fraction of sp³-hybridized carbons (Fsp3) is 0.692. The van der Waals surface area contributed by atoms with E-state index in [4.69, 9.17) is 4.74 Å². The molecule has 5 fully saturated rings. The second-order valence-corrected chi connectivity index (χ2v) is 13.1. The summed E-state index contributed by atoms with van der Waals surface area (Å²) in [4.78, 5) is 26.1. The van der Waals surface area contributed by atoms with E-state index in [9.17, 15) is 18.0 Å². The zero-order chi connectivity index (χ0) is 24.1. The first-order valence-electron chi connectivity index (χ1n) is 12.8. The van der Waals surface area contributed by atoms with Crippen LogP contribution < -0.4 is 5.32 Å². The highest BCUT2D eigenvalue weighted by molar-refractivity contribution is 7.89. The molecule has 1 aromatic carbocycles. The highest BCUT2D eigenvalue weighted by Gasteiger charge is 2.51. The number of amides is 1. The SMILES string of the molecule is Cc1ccc(S(=O)(=O)N2CCCCC2)cc1C(=O)OC(C)C(=O)NC12CC3CC(CC(C3)C1)C2. The predicted octanol–water partition coefficient (Wildman–Crippen LogP) is 3.80. The molecule has 0 spiro atoms. The number of benzene rings is 1. The smallest absolute Gasteiger partial charge is 0.339 e. The maximum absolute atomic E-state index is 13.1. The van der Waals surface area contributed by atoms with Crippen molar-refractivity contribution >= 4 is 21.9 Å². The Morgan fingerprint density at radius 2 is 1.62 bits per heavy atom. The van der Waals surface area contributed by atoms with E-state index in [1.165, 1.54) is 29.6 Å². The molecule has 186 valence electrons. The van der Waals surface area contributed by atoms with Gasteiger partial charge in [0.1, 0.15) is 0 Å². The molecule has 1 atom stereocenters. The monoisotopic (exact) mass is 488 g/mol. The number of ether oxygens (including phenoxy) is 1. The Labute approximate surface area is 202 Å². The van der Waals surface area contributed by atoms with E-state index in [0.29, 0.717) is 36.4 Å². The molecule has 1 saturated heterocycles. The summed E-state index contributed by atoms with van der Waals surface area (Å²) >= 11 is 0. The highest BCUT2D eigenvalue weighted by Crippen LogP contribution is 2.55. The molecule has 1 aliphatic heterocycles. The topological polar surface area (TPSA) is 92.8 Å². The molecule has 8 heteroatoms. The van der Waals surface area contributed by atoms with Gasteiger partial charge in [0.25, 0.3) is 5.91 Å². The first-order chi connectivity index (χ1) is 16.1. The van der Waals surface area contributed by atoms with Crippen molar-refractivity contribution in [1.29, 1.82) is 0 Å². The summed E-state index contributed by atoms with van der Waals surface area (Å²) in [7, 11) is -3.66. The van der Waals surface area contributed by atoms with E-state index < -0.39 is 22.1 Å². The summed E-state index contributed by atoms with van der Waals surface area (Å²) in [5, 5.41) is 3.26. The minimum absolute atomic E-state index is 0.0950. The van der Waals surface area contributed by atoms with Gasteiger partial charge in [0.05, 0.1) is 10.5 Å². The van der Waals surface area contributed by atoms with Crippen molar-refractivity contribution in [3.05, 3.63) is 29.3 Å². The third kappa shape index (κ3) is 4.51. The number of piperidine rings is 1. The number of hydrogen-bond acceptors (Lipinski definition) is 5. The number of carbonyl (C=O) groups is 2.